The summed E-state index contributed by atoms with van der Waals surface area (Å²) in [5.41, 5.74) is 0.692. The van der Waals surface area contributed by atoms with E-state index in [0.717, 1.165) is 12.1 Å². The second-order valence-corrected chi connectivity index (χ2v) is 6.25. The van der Waals surface area contributed by atoms with Crippen LogP contribution in [0.25, 0.3) is 11.1 Å². The Balaban J connectivity index is 2.72. The fourth-order valence-electron chi connectivity index (χ4n) is 1.93. The van der Waals surface area contributed by atoms with E-state index in [-0.39, 0.29) is 48.2 Å². The summed E-state index contributed by atoms with van der Waals surface area (Å²) in [6, 6.07) is 3.71. The van der Waals surface area contributed by atoms with Gasteiger partial charge in [-0.05, 0) is 23.3 Å². The van der Waals surface area contributed by atoms with Crippen LogP contribution in [0.15, 0.2) is 18.2 Å². The molecule has 0 heterocycles. The standard InChI is InChI=1S/C14H6Cl5FO2/c15-10-9(11(16)13(18)14(19)12(10)17)6-1-5(3-8(21)22)2-7(20)4-6/h1-2,4H,3H2,(H,21,22). The van der Waals surface area contributed by atoms with Crippen LogP contribution in [0, 0.1) is 5.82 Å². The van der Waals surface area contributed by atoms with Crippen LogP contribution >= 0.6 is 58.0 Å². The lowest BCUT2D eigenvalue weighted by Crippen LogP contribution is -2.01. The Morgan fingerprint density at radius 3 is 1.91 bits per heavy atom. The number of carboxylic acids is 1. The van der Waals surface area contributed by atoms with E-state index in [1.54, 1.807) is 0 Å². The van der Waals surface area contributed by atoms with E-state index >= 15 is 0 Å². The molecule has 22 heavy (non-hydrogen) atoms. The third kappa shape index (κ3) is 3.44. The summed E-state index contributed by atoms with van der Waals surface area (Å²) in [6.45, 7) is 0. The van der Waals surface area contributed by atoms with Gasteiger partial charge in [0.15, 0.2) is 0 Å². The molecule has 2 aromatic carbocycles. The molecule has 0 bridgehead atoms. The smallest absolute Gasteiger partial charge is 0.307 e. The zero-order valence-corrected chi connectivity index (χ0v) is 14.3. The van der Waals surface area contributed by atoms with Crippen LogP contribution in [0.5, 0.6) is 0 Å². The van der Waals surface area contributed by atoms with E-state index in [1.165, 1.54) is 6.07 Å². The Morgan fingerprint density at radius 2 is 1.41 bits per heavy atom. The highest BCUT2D eigenvalue weighted by Gasteiger charge is 2.21. The number of aliphatic carboxylic acids is 1. The SMILES string of the molecule is O=C(O)Cc1cc(F)cc(-c2c(Cl)c(Cl)c(Cl)c(Cl)c2Cl)c1. The largest absolute Gasteiger partial charge is 0.481 e. The minimum atomic E-state index is -1.10. The van der Waals surface area contributed by atoms with Crippen LogP contribution in [0.1, 0.15) is 5.56 Å². The molecule has 2 aromatic rings. The molecule has 8 heteroatoms. The maximum Gasteiger partial charge on any atom is 0.307 e. The number of carboxylic acid groups (broad SMARTS) is 1. The lowest BCUT2D eigenvalue weighted by molar-refractivity contribution is -0.136. The molecule has 0 atom stereocenters. The Labute approximate surface area is 150 Å². The normalized spacial score (nSPS) is 10.8. The van der Waals surface area contributed by atoms with Gasteiger partial charge in [-0.2, -0.15) is 0 Å². The topological polar surface area (TPSA) is 37.3 Å². The van der Waals surface area contributed by atoms with Crippen LogP contribution < -0.4 is 0 Å². The molecular formula is C14H6Cl5FO2. The van der Waals surface area contributed by atoms with Crippen LogP contribution in [0.4, 0.5) is 4.39 Å². The van der Waals surface area contributed by atoms with Gasteiger partial charge >= 0.3 is 5.97 Å². The molecule has 0 saturated carbocycles. The molecule has 0 spiro atoms. The van der Waals surface area contributed by atoms with Gasteiger partial charge in [-0.15, -0.1) is 0 Å². The van der Waals surface area contributed by atoms with Crippen molar-refractivity contribution in [3.8, 4) is 11.1 Å². The molecule has 0 aromatic heterocycles. The van der Waals surface area contributed by atoms with E-state index in [0.29, 0.717) is 0 Å². The van der Waals surface area contributed by atoms with Crippen molar-refractivity contribution in [3.63, 3.8) is 0 Å². The molecule has 0 aliphatic heterocycles. The zero-order valence-electron chi connectivity index (χ0n) is 10.6. The first-order valence-electron chi connectivity index (χ1n) is 5.75. The predicted octanol–water partition coefficient (Wildman–Crippen LogP) is 6.39. The van der Waals surface area contributed by atoms with Gasteiger partial charge in [0.05, 0.1) is 31.5 Å². The van der Waals surface area contributed by atoms with Gasteiger partial charge in [0.25, 0.3) is 0 Å². The van der Waals surface area contributed by atoms with Gasteiger partial charge in [0.2, 0.25) is 0 Å². The number of carbonyl (C=O) groups is 1. The van der Waals surface area contributed by atoms with E-state index in [1.807, 2.05) is 0 Å². The maximum atomic E-state index is 13.7. The number of hydrogen-bond donors (Lipinski definition) is 1. The number of hydrogen-bond acceptors (Lipinski definition) is 1. The molecule has 0 radical (unpaired) electrons. The van der Waals surface area contributed by atoms with Crippen molar-refractivity contribution < 1.29 is 14.3 Å². The highest BCUT2D eigenvalue weighted by molar-refractivity contribution is 6.56. The van der Waals surface area contributed by atoms with E-state index < -0.39 is 11.8 Å². The fourth-order valence-corrected chi connectivity index (χ4v) is 3.29. The molecule has 0 unspecified atom stereocenters. The van der Waals surface area contributed by atoms with Crippen LogP contribution in [-0.2, 0) is 11.2 Å². The molecule has 0 fully saturated rings. The lowest BCUT2D eigenvalue weighted by Gasteiger charge is -2.13. The number of rotatable bonds is 3. The van der Waals surface area contributed by atoms with Crippen molar-refractivity contribution in [3.05, 3.63) is 54.7 Å². The summed E-state index contributed by atoms with van der Waals surface area (Å²) in [7, 11) is 0. The van der Waals surface area contributed by atoms with Gasteiger partial charge in [-0.3, -0.25) is 4.79 Å². The highest BCUT2D eigenvalue weighted by atomic mass is 35.5. The molecule has 2 nitrogen and oxygen atoms in total. The fraction of sp³-hybridized carbons (Fsp3) is 0.0714. The summed E-state index contributed by atoms with van der Waals surface area (Å²) >= 11 is 30.1. The maximum absolute atomic E-state index is 13.7. The van der Waals surface area contributed by atoms with Gasteiger partial charge in [-0.25, -0.2) is 4.39 Å². The second-order valence-electron chi connectivity index (χ2n) is 4.36. The van der Waals surface area contributed by atoms with Crippen molar-refractivity contribution in [2.24, 2.45) is 0 Å². The van der Waals surface area contributed by atoms with Gasteiger partial charge < -0.3 is 5.11 Å². The first kappa shape index (κ1) is 17.6. The van der Waals surface area contributed by atoms with Gasteiger partial charge in [0.1, 0.15) is 5.82 Å². The van der Waals surface area contributed by atoms with Crippen LogP contribution in [0.3, 0.4) is 0 Å². The minimum Gasteiger partial charge on any atom is -0.481 e. The quantitative estimate of drug-likeness (QED) is 0.477. The summed E-state index contributed by atoms with van der Waals surface area (Å²) < 4.78 is 13.7. The minimum absolute atomic E-state index is 0.00735. The monoisotopic (exact) mass is 400 g/mol. The Bertz CT molecular complexity index is 747. The van der Waals surface area contributed by atoms with E-state index in [4.69, 9.17) is 63.1 Å². The van der Waals surface area contributed by atoms with Crippen molar-refractivity contribution >= 4 is 64.0 Å². The van der Waals surface area contributed by atoms with Crippen molar-refractivity contribution in [2.75, 3.05) is 0 Å². The summed E-state index contributed by atoms with van der Waals surface area (Å²) in [5, 5.41) is 8.79. The Kier molecular flexibility index (Phi) is 5.46. The molecule has 0 amide bonds. The average Bonchev–Trinajstić information content (AvgIpc) is 2.42. The Hall–Kier alpha value is -0.710. The Morgan fingerprint density at radius 1 is 0.909 bits per heavy atom. The van der Waals surface area contributed by atoms with E-state index in [9.17, 15) is 9.18 Å². The highest BCUT2D eigenvalue weighted by Crippen LogP contribution is 2.48. The molecule has 0 aliphatic rings. The first-order chi connectivity index (χ1) is 10.2. The van der Waals surface area contributed by atoms with E-state index in [2.05, 4.69) is 0 Å². The lowest BCUT2D eigenvalue weighted by atomic mass is 10.0. The van der Waals surface area contributed by atoms with Crippen molar-refractivity contribution in [1.82, 2.24) is 0 Å². The van der Waals surface area contributed by atoms with Crippen LogP contribution in [0.2, 0.25) is 25.1 Å². The molecule has 1 N–H and O–H groups in total. The molecular weight excluding hydrogens is 396 g/mol. The average molecular weight is 402 g/mol. The van der Waals surface area contributed by atoms with Crippen LogP contribution in [-0.4, -0.2) is 11.1 Å². The van der Waals surface area contributed by atoms with Crippen molar-refractivity contribution in [1.29, 1.82) is 0 Å². The first-order valence-corrected chi connectivity index (χ1v) is 7.64. The summed E-state index contributed by atoms with van der Waals surface area (Å²) in [5.74, 6) is -1.73. The third-order valence-electron chi connectivity index (χ3n) is 2.81. The predicted molar refractivity (Wildman–Crippen MR) is 88.2 cm³/mol. The van der Waals surface area contributed by atoms with Crippen molar-refractivity contribution in [2.45, 2.75) is 6.42 Å². The van der Waals surface area contributed by atoms with Gasteiger partial charge in [0, 0.05) is 5.56 Å². The number of halogens is 6. The third-order valence-corrected chi connectivity index (χ3v) is 5.09. The molecule has 0 saturated heterocycles. The number of benzene rings is 2. The molecule has 0 aliphatic carbocycles. The van der Waals surface area contributed by atoms with Gasteiger partial charge in [-0.1, -0.05) is 64.1 Å². The summed E-state index contributed by atoms with van der Waals surface area (Å²) in [4.78, 5) is 10.8. The molecule has 116 valence electrons. The molecule has 2 rings (SSSR count). The zero-order chi connectivity index (χ0) is 16.6. The summed E-state index contributed by atoms with van der Waals surface area (Å²) in [6.07, 6.45) is -0.352. The second kappa shape index (κ2) is 6.81.